The number of hydrogen-bond acceptors (Lipinski definition) is 1. The zero-order chi connectivity index (χ0) is 13.7. The van der Waals surface area contributed by atoms with Crippen LogP contribution < -0.4 is 0 Å². The van der Waals surface area contributed by atoms with Crippen molar-refractivity contribution < 1.29 is 8.78 Å². The summed E-state index contributed by atoms with van der Waals surface area (Å²) >= 11 is 0. The number of aromatic nitrogens is 2. The SMILES string of the molecule is C=Cc1c(C=C)n(C(F)F)c2ccncc12.CC. The number of halogens is 2. The molecular weight excluding hydrogens is 234 g/mol. The number of alkyl halides is 2. The predicted molar refractivity (Wildman–Crippen MR) is 72.5 cm³/mol. The van der Waals surface area contributed by atoms with Crippen molar-refractivity contribution in [2.24, 2.45) is 0 Å². The van der Waals surface area contributed by atoms with E-state index < -0.39 is 6.55 Å². The second kappa shape index (κ2) is 6.10. The van der Waals surface area contributed by atoms with E-state index in [0.717, 1.165) is 4.57 Å². The van der Waals surface area contributed by atoms with Gasteiger partial charge in [-0.3, -0.25) is 9.55 Å². The third-order valence-electron chi connectivity index (χ3n) is 2.48. The second-order valence-corrected chi connectivity index (χ2v) is 3.25. The Balaban J connectivity index is 0.000000771. The smallest absolute Gasteiger partial charge is 0.284 e. The minimum absolute atomic E-state index is 0.369. The van der Waals surface area contributed by atoms with Crippen LogP contribution in [0.3, 0.4) is 0 Å². The quantitative estimate of drug-likeness (QED) is 0.769. The Morgan fingerprint density at radius 1 is 1.28 bits per heavy atom. The molecule has 2 heterocycles. The highest BCUT2D eigenvalue weighted by Crippen LogP contribution is 2.31. The summed E-state index contributed by atoms with van der Waals surface area (Å²) in [7, 11) is 0. The van der Waals surface area contributed by atoms with E-state index in [0.29, 0.717) is 22.2 Å². The van der Waals surface area contributed by atoms with Gasteiger partial charge in [-0.25, -0.2) is 0 Å². The first-order valence-corrected chi connectivity index (χ1v) is 5.71. The van der Waals surface area contributed by atoms with Crippen molar-refractivity contribution in [3.8, 4) is 0 Å². The maximum atomic E-state index is 13.0. The van der Waals surface area contributed by atoms with Crippen LogP contribution in [-0.2, 0) is 0 Å². The van der Waals surface area contributed by atoms with Crippen molar-refractivity contribution in [3.05, 3.63) is 42.9 Å². The van der Waals surface area contributed by atoms with Gasteiger partial charge < -0.3 is 0 Å². The maximum Gasteiger partial charge on any atom is 0.319 e. The fraction of sp³-hybridized carbons (Fsp3) is 0.214. The first kappa shape index (κ1) is 14.1. The van der Waals surface area contributed by atoms with Gasteiger partial charge in [-0.2, -0.15) is 8.78 Å². The zero-order valence-corrected chi connectivity index (χ0v) is 10.5. The van der Waals surface area contributed by atoms with E-state index in [1.165, 1.54) is 12.3 Å². The van der Waals surface area contributed by atoms with Crippen molar-refractivity contribution >= 4 is 23.1 Å². The van der Waals surface area contributed by atoms with Gasteiger partial charge in [-0.15, -0.1) is 0 Å². The van der Waals surface area contributed by atoms with Crippen molar-refractivity contribution in [2.75, 3.05) is 0 Å². The Morgan fingerprint density at radius 2 is 1.94 bits per heavy atom. The summed E-state index contributed by atoms with van der Waals surface area (Å²) in [4.78, 5) is 3.93. The van der Waals surface area contributed by atoms with Crippen LogP contribution in [0.2, 0.25) is 0 Å². The fourth-order valence-corrected chi connectivity index (χ4v) is 1.84. The molecule has 0 aliphatic carbocycles. The molecule has 0 spiro atoms. The van der Waals surface area contributed by atoms with E-state index in [4.69, 9.17) is 0 Å². The molecule has 0 saturated carbocycles. The van der Waals surface area contributed by atoms with Crippen LogP contribution in [0, 0.1) is 0 Å². The van der Waals surface area contributed by atoms with Gasteiger partial charge in [0.15, 0.2) is 0 Å². The average Bonchev–Trinajstić information content (AvgIpc) is 2.74. The molecule has 4 heteroatoms. The second-order valence-electron chi connectivity index (χ2n) is 3.25. The summed E-state index contributed by atoms with van der Waals surface area (Å²) < 4.78 is 26.8. The zero-order valence-electron chi connectivity index (χ0n) is 10.5. The summed E-state index contributed by atoms with van der Waals surface area (Å²) in [6.07, 6.45) is 5.99. The van der Waals surface area contributed by atoms with Crippen molar-refractivity contribution in [2.45, 2.75) is 20.4 Å². The molecule has 2 nitrogen and oxygen atoms in total. The van der Waals surface area contributed by atoms with Gasteiger partial charge in [0.05, 0.1) is 11.2 Å². The van der Waals surface area contributed by atoms with Crippen LogP contribution >= 0.6 is 0 Å². The lowest BCUT2D eigenvalue weighted by Gasteiger charge is -2.06. The molecule has 0 aliphatic heterocycles. The highest BCUT2D eigenvalue weighted by atomic mass is 19.3. The molecule has 0 N–H and O–H groups in total. The first-order chi connectivity index (χ1) is 8.70. The van der Waals surface area contributed by atoms with E-state index in [9.17, 15) is 8.78 Å². The molecule has 0 unspecified atom stereocenters. The van der Waals surface area contributed by atoms with E-state index in [1.807, 2.05) is 13.8 Å². The Kier molecular flexibility index (Phi) is 4.77. The van der Waals surface area contributed by atoms with Gasteiger partial charge in [0.25, 0.3) is 0 Å². The Hall–Kier alpha value is -1.97. The lowest BCUT2D eigenvalue weighted by Crippen LogP contribution is -2.00. The summed E-state index contributed by atoms with van der Waals surface area (Å²) in [6.45, 7) is 8.58. The standard InChI is InChI=1S/C12H10F2N2.C2H6/c1-3-8-9-7-15-6-5-11(9)16(12(13)14)10(8)4-2;1-2/h3-7,12H,1-2H2;1-2H3. The van der Waals surface area contributed by atoms with E-state index in [2.05, 4.69) is 18.1 Å². The molecule has 2 rings (SSSR count). The van der Waals surface area contributed by atoms with Crippen LogP contribution in [0.4, 0.5) is 8.78 Å². The van der Waals surface area contributed by atoms with E-state index in [-0.39, 0.29) is 0 Å². The number of hydrogen-bond donors (Lipinski definition) is 0. The highest BCUT2D eigenvalue weighted by Gasteiger charge is 2.18. The normalized spacial score (nSPS) is 10.1. The van der Waals surface area contributed by atoms with Crippen molar-refractivity contribution in [1.29, 1.82) is 0 Å². The molecule has 2 aromatic rings. The monoisotopic (exact) mass is 250 g/mol. The van der Waals surface area contributed by atoms with Crippen LogP contribution in [0.25, 0.3) is 23.1 Å². The minimum Gasteiger partial charge on any atom is -0.284 e. The fourth-order valence-electron chi connectivity index (χ4n) is 1.84. The van der Waals surface area contributed by atoms with Crippen LogP contribution in [-0.4, -0.2) is 9.55 Å². The third kappa shape index (κ3) is 2.18. The molecule has 0 atom stereocenters. The molecule has 96 valence electrons. The minimum atomic E-state index is -2.61. The van der Waals surface area contributed by atoms with Gasteiger partial charge >= 0.3 is 6.55 Å². The summed E-state index contributed by atoms with van der Waals surface area (Å²) in [5, 5.41) is 0.660. The number of fused-ring (bicyclic) bond motifs is 1. The molecule has 0 radical (unpaired) electrons. The van der Waals surface area contributed by atoms with Gasteiger partial charge in [0, 0.05) is 23.3 Å². The molecular formula is C14H16F2N2. The molecule has 0 aliphatic rings. The van der Waals surface area contributed by atoms with Crippen molar-refractivity contribution in [3.63, 3.8) is 0 Å². The highest BCUT2D eigenvalue weighted by molar-refractivity contribution is 5.93. The van der Waals surface area contributed by atoms with Crippen LogP contribution in [0.15, 0.2) is 31.6 Å². The number of pyridine rings is 1. The topological polar surface area (TPSA) is 17.8 Å². The molecule has 2 aromatic heterocycles. The molecule has 0 saturated heterocycles. The first-order valence-electron chi connectivity index (χ1n) is 5.71. The Labute approximate surface area is 105 Å². The lowest BCUT2D eigenvalue weighted by molar-refractivity contribution is 0.0746. The van der Waals surface area contributed by atoms with E-state index in [1.54, 1.807) is 18.3 Å². The Morgan fingerprint density at radius 3 is 2.44 bits per heavy atom. The van der Waals surface area contributed by atoms with Gasteiger partial charge in [0.1, 0.15) is 0 Å². The van der Waals surface area contributed by atoms with E-state index >= 15 is 0 Å². The molecule has 0 amide bonds. The van der Waals surface area contributed by atoms with Gasteiger partial charge in [-0.05, 0) is 12.1 Å². The maximum absolute atomic E-state index is 13.0. The Bertz CT molecular complexity index is 556. The number of rotatable bonds is 3. The summed E-state index contributed by atoms with van der Waals surface area (Å²) in [5.74, 6) is 0. The molecule has 0 aromatic carbocycles. The van der Waals surface area contributed by atoms with Gasteiger partial charge in [-0.1, -0.05) is 33.1 Å². The van der Waals surface area contributed by atoms with Crippen LogP contribution in [0.1, 0.15) is 31.7 Å². The largest absolute Gasteiger partial charge is 0.319 e. The third-order valence-corrected chi connectivity index (χ3v) is 2.48. The van der Waals surface area contributed by atoms with Gasteiger partial charge in [0.2, 0.25) is 0 Å². The van der Waals surface area contributed by atoms with Crippen LogP contribution in [0.5, 0.6) is 0 Å². The molecule has 0 bridgehead atoms. The molecule has 0 fully saturated rings. The predicted octanol–water partition coefficient (Wildman–Crippen LogP) is 4.74. The van der Waals surface area contributed by atoms with Crippen molar-refractivity contribution in [1.82, 2.24) is 9.55 Å². The summed E-state index contributed by atoms with van der Waals surface area (Å²) in [6, 6.07) is 1.56. The number of nitrogens with zero attached hydrogens (tertiary/aromatic N) is 2. The lowest BCUT2D eigenvalue weighted by atomic mass is 10.1. The average molecular weight is 250 g/mol. The summed E-state index contributed by atoms with van der Waals surface area (Å²) in [5.41, 5.74) is 1.45. The molecule has 18 heavy (non-hydrogen) atoms.